The number of hydrogen-bond acceptors (Lipinski definition) is 1. The second-order valence-electron chi connectivity index (χ2n) is 4.87. The van der Waals surface area contributed by atoms with Crippen molar-refractivity contribution >= 4 is 11.6 Å². The highest BCUT2D eigenvalue weighted by atomic mass is 35.5. The van der Waals surface area contributed by atoms with Gasteiger partial charge in [0.2, 0.25) is 0 Å². The lowest BCUT2D eigenvalue weighted by Crippen LogP contribution is -2.11. The van der Waals surface area contributed by atoms with Crippen LogP contribution in [0, 0.1) is 11.7 Å². The summed E-state index contributed by atoms with van der Waals surface area (Å²) < 4.78 is 18.6. The minimum absolute atomic E-state index is 0.201. The Morgan fingerprint density at radius 3 is 2.60 bits per heavy atom. The molecule has 2 aromatic rings. The summed E-state index contributed by atoms with van der Waals surface area (Å²) in [5.41, 5.74) is 2.11. The molecule has 3 heteroatoms. The molecule has 2 aromatic carbocycles. The van der Waals surface area contributed by atoms with Crippen LogP contribution < -0.4 is 4.74 Å². The number of benzene rings is 2. The second-order valence-corrected chi connectivity index (χ2v) is 5.18. The zero-order valence-electron chi connectivity index (χ0n) is 11.5. The first-order chi connectivity index (χ1) is 9.72. The van der Waals surface area contributed by atoms with Gasteiger partial charge < -0.3 is 4.74 Å². The topological polar surface area (TPSA) is 9.23 Å². The lowest BCUT2D eigenvalue weighted by Gasteiger charge is -2.16. The van der Waals surface area contributed by atoms with Crippen LogP contribution in [0.25, 0.3) is 0 Å². The predicted octanol–water partition coefficient (Wildman–Crippen LogP) is 4.47. The minimum atomic E-state index is -0.201. The van der Waals surface area contributed by atoms with Gasteiger partial charge in [-0.3, -0.25) is 0 Å². The van der Waals surface area contributed by atoms with Gasteiger partial charge in [-0.1, -0.05) is 30.3 Å². The van der Waals surface area contributed by atoms with Crippen molar-refractivity contribution in [2.75, 3.05) is 13.0 Å². The van der Waals surface area contributed by atoms with Crippen LogP contribution in [-0.2, 0) is 12.8 Å². The van der Waals surface area contributed by atoms with Crippen molar-refractivity contribution in [2.24, 2.45) is 5.92 Å². The molecule has 20 heavy (non-hydrogen) atoms. The maximum Gasteiger partial charge on any atom is 0.123 e. The van der Waals surface area contributed by atoms with Gasteiger partial charge in [0.25, 0.3) is 0 Å². The van der Waals surface area contributed by atoms with E-state index in [0.29, 0.717) is 5.88 Å². The Morgan fingerprint density at radius 2 is 1.90 bits per heavy atom. The Labute approximate surface area is 124 Å². The highest BCUT2D eigenvalue weighted by Crippen LogP contribution is 2.23. The Bertz CT molecular complexity index is 556. The van der Waals surface area contributed by atoms with Gasteiger partial charge in [0.15, 0.2) is 0 Å². The molecular weight excluding hydrogens is 275 g/mol. The minimum Gasteiger partial charge on any atom is -0.496 e. The molecular formula is C17H18ClFO. The van der Waals surface area contributed by atoms with E-state index in [2.05, 4.69) is 0 Å². The normalized spacial score (nSPS) is 12.2. The van der Waals surface area contributed by atoms with E-state index in [-0.39, 0.29) is 11.7 Å². The molecule has 0 aliphatic rings. The average Bonchev–Trinajstić information content (AvgIpc) is 2.47. The summed E-state index contributed by atoms with van der Waals surface area (Å²) in [4.78, 5) is 0. The molecule has 0 aromatic heterocycles. The highest BCUT2D eigenvalue weighted by Gasteiger charge is 2.13. The molecule has 1 unspecified atom stereocenters. The first kappa shape index (κ1) is 14.9. The van der Waals surface area contributed by atoms with Crippen LogP contribution in [0.1, 0.15) is 11.1 Å². The van der Waals surface area contributed by atoms with E-state index in [1.54, 1.807) is 19.2 Å². The van der Waals surface area contributed by atoms with Crippen LogP contribution in [-0.4, -0.2) is 13.0 Å². The van der Waals surface area contributed by atoms with Crippen molar-refractivity contribution in [3.05, 3.63) is 65.5 Å². The first-order valence-corrected chi connectivity index (χ1v) is 7.18. The molecule has 0 bridgehead atoms. The summed E-state index contributed by atoms with van der Waals surface area (Å²) in [6, 6.07) is 14.6. The third-order valence-electron chi connectivity index (χ3n) is 3.33. The average molecular weight is 293 g/mol. The molecule has 1 nitrogen and oxygen atoms in total. The number of halogens is 2. The van der Waals surface area contributed by atoms with E-state index in [1.807, 2.05) is 30.3 Å². The summed E-state index contributed by atoms with van der Waals surface area (Å²) in [5, 5.41) is 0. The van der Waals surface area contributed by atoms with Crippen molar-refractivity contribution < 1.29 is 9.13 Å². The number of hydrogen-bond donors (Lipinski definition) is 0. The Morgan fingerprint density at radius 1 is 1.10 bits per heavy atom. The fourth-order valence-electron chi connectivity index (χ4n) is 2.36. The van der Waals surface area contributed by atoms with Crippen molar-refractivity contribution in [3.8, 4) is 5.75 Å². The smallest absolute Gasteiger partial charge is 0.123 e. The number of para-hydroxylation sites is 1. The van der Waals surface area contributed by atoms with Crippen molar-refractivity contribution in [3.63, 3.8) is 0 Å². The molecule has 106 valence electrons. The van der Waals surface area contributed by atoms with E-state index in [0.717, 1.165) is 29.7 Å². The molecule has 0 amide bonds. The van der Waals surface area contributed by atoms with Gasteiger partial charge in [0.05, 0.1) is 7.11 Å². The molecule has 2 rings (SSSR count). The fourth-order valence-corrected chi connectivity index (χ4v) is 2.58. The van der Waals surface area contributed by atoms with Gasteiger partial charge in [-0.25, -0.2) is 4.39 Å². The lowest BCUT2D eigenvalue weighted by molar-refractivity contribution is 0.405. The standard InChI is InChI=1S/C17H18ClFO/c1-20-17-8-3-2-6-15(17)10-14(12-18)9-13-5-4-7-16(19)11-13/h2-8,11,14H,9-10,12H2,1H3. The van der Waals surface area contributed by atoms with Crippen LogP contribution in [0.15, 0.2) is 48.5 Å². The molecule has 0 aliphatic heterocycles. The van der Waals surface area contributed by atoms with E-state index >= 15 is 0 Å². The summed E-state index contributed by atoms with van der Waals surface area (Å²) in [6.07, 6.45) is 1.59. The van der Waals surface area contributed by atoms with Crippen molar-refractivity contribution in [1.82, 2.24) is 0 Å². The van der Waals surface area contributed by atoms with Crippen molar-refractivity contribution in [1.29, 1.82) is 0 Å². The van der Waals surface area contributed by atoms with Crippen LogP contribution in [0.4, 0.5) is 4.39 Å². The lowest BCUT2D eigenvalue weighted by atomic mass is 9.93. The molecule has 0 spiro atoms. The Hall–Kier alpha value is -1.54. The molecule has 0 N–H and O–H groups in total. The molecule has 0 saturated heterocycles. The number of ether oxygens (including phenoxy) is 1. The number of rotatable bonds is 6. The third-order valence-corrected chi connectivity index (χ3v) is 3.77. The van der Waals surface area contributed by atoms with E-state index in [9.17, 15) is 4.39 Å². The number of methoxy groups -OCH3 is 1. The quantitative estimate of drug-likeness (QED) is 0.714. The number of alkyl halides is 1. The van der Waals surface area contributed by atoms with E-state index < -0.39 is 0 Å². The third kappa shape index (κ3) is 3.97. The van der Waals surface area contributed by atoms with Crippen molar-refractivity contribution in [2.45, 2.75) is 12.8 Å². The largest absolute Gasteiger partial charge is 0.496 e. The predicted molar refractivity (Wildman–Crippen MR) is 81.0 cm³/mol. The Balaban J connectivity index is 2.09. The molecule has 0 saturated carbocycles. The van der Waals surface area contributed by atoms with Gasteiger partial charge in [-0.15, -0.1) is 11.6 Å². The highest BCUT2D eigenvalue weighted by molar-refractivity contribution is 6.18. The van der Waals surface area contributed by atoms with Crippen LogP contribution in [0.5, 0.6) is 5.75 Å². The van der Waals surface area contributed by atoms with E-state index in [4.69, 9.17) is 16.3 Å². The SMILES string of the molecule is COc1ccccc1CC(CCl)Cc1cccc(F)c1. The summed E-state index contributed by atoms with van der Waals surface area (Å²) in [6.45, 7) is 0. The monoisotopic (exact) mass is 292 g/mol. The van der Waals surface area contributed by atoms with Crippen LogP contribution in [0.3, 0.4) is 0 Å². The van der Waals surface area contributed by atoms with Gasteiger partial charge in [-0.05, 0) is 48.1 Å². The molecule has 1 atom stereocenters. The van der Waals surface area contributed by atoms with Gasteiger partial charge >= 0.3 is 0 Å². The maximum absolute atomic E-state index is 13.2. The van der Waals surface area contributed by atoms with Crippen LogP contribution in [0.2, 0.25) is 0 Å². The van der Waals surface area contributed by atoms with Gasteiger partial charge in [0.1, 0.15) is 11.6 Å². The molecule has 0 aliphatic carbocycles. The first-order valence-electron chi connectivity index (χ1n) is 6.65. The summed E-state index contributed by atoms with van der Waals surface area (Å²) in [5.74, 6) is 1.47. The van der Waals surface area contributed by atoms with Crippen LogP contribution >= 0.6 is 11.6 Å². The zero-order chi connectivity index (χ0) is 14.4. The second kappa shape index (κ2) is 7.30. The zero-order valence-corrected chi connectivity index (χ0v) is 12.2. The summed E-state index contributed by atoms with van der Waals surface area (Å²) >= 11 is 6.07. The van der Waals surface area contributed by atoms with Gasteiger partial charge in [-0.2, -0.15) is 0 Å². The maximum atomic E-state index is 13.2. The molecule has 0 heterocycles. The Kier molecular flexibility index (Phi) is 5.42. The molecule has 0 fully saturated rings. The summed E-state index contributed by atoms with van der Waals surface area (Å²) in [7, 11) is 1.67. The van der Waals surface area contributed by atoms with E-state index in [1.165, 1.54) is 6.07 Å². The molecule has 0 radical (unpaired) electrons. The van der Waals surface area contributed by atoms with Gasteiger partial charge in [0, 0.05) is 5.88 Å². The fraction of sp³-hybridized carbons (Fsp3) is 0.294.